The van der Waals surface area contributed by atoms with Crippen molar-refractivity contribution in [3.8, 4) is 0 Å². The van der Waals surface area contributed by atoms with E-state index in [0.29, 0.717) is 12.1 Å². The molecule has 0 heterocycles. The predicted molar refractivity (Wildman–Crippen MR) is 62.6 cm³/mol. The van der Waals surface area contributed by atoms with Crippen LogP contribution in [0, 0.1) is 0 Å². The first-order valence-corrected chi connectivity index (χ1v) is 6.16. The maximum absolute atomic E-state index is 10.8. The number of carbonyl (C=O) groups is 1. The molecule has 0 radical (unpaired) electrons. The number of carboxylic acids is 1. The summed E-state index contributed by atoms with van der Waals surface area (Å²) in [6.07, 6.45) is 5.65. The highest BCUT2D eigenvalue weighted by Crippen LogP contribution is 2.24. The van der Waals surface area contributed by atoms with Crippen LogP contribution in [0.1, 0.15) is 39.0 Å². The maximum atomic E-state index is 10.8. The molecule has 0 amide bonds. The molecule has 0 aromatic rings. The van der Waals surface area contributed by atoms with Gasteiger partial charge < -0.3 is 9.84 Å². The average molecular weight is 229 g/mol. The normalized spacial score (nSPS) is 25.9. The van der Waals surface area contributed by atoms with Gasteiger partial charge in [-0.05, 0) is 38.6 Å². The molecule has 2 atom stereocenters. The molecular formula is C12H23NO3. The summed E-state index contributed by atoms with van der Waals surface area (Å²) in [6.45, 7) is 3.12. The van der Waals surface area contributed by atoms with Gasteiger partial charge in [0.05, 0.1) is 12.6 Å². The van der Waals surface area contributed by atoms with Crippen LogP contribution in [-0.4, -0.2) is 48.3 Å². The summed E-state index contributed by atoms with van der Waals surface area (Å²) in [5.41, 5.74) is 0. The summed E-state index contributed by atoms with van der Waals surface area (Å²) < 4.78 is 5.38. The number of methoxy groups -OCH3 is 1. The van der Waals surface area contributed by atoms with Crippen molar-refractivity contribution in [3.05, 3.63) is 0 Å². The summed E-state index contributed by atoms with van der Waals surface area (Å²) in [5, 5.41) is 8.89. The maximum Gasteiger partial charge on any atom is 0.317 e. The van der Waals surface area contributed by atoms with Gasteiger partial charge in [0, 0.05) is 13.2 Å². The Bertz CT molecular complexity index is 220. The molecule has 4 nitrogen and oxygen atoms in total. The molecular weight excluding hydrogens is 206 g/mol. The Labute approximate surface area is 97.6 Å². The third-order valence-corrected chi connectivity index (χ3v) is 3.30. The Hall–Kier alpha value is -0.610. The third-order valence-electron chi connectivity index (χ3n) is 3.30. The fraction of sp³-hybridized carbons (Fsp3) is 0.917. The SMILES string of the molecule is CCCN(CC(=O)O)C1CCCC(OC)C1. The second kappa shape index (κ2) is 6.86. The second-order valence-corrected chi connectivity index (χ2v) is 4.54. The van der Waals surface area contributed by atoms with E-state index in [4.69, 9.17) is 9.84 Å². The molecule has 16 heavy (non-hydrogen) atoms. The molecule has 1 aliphatic carbocycles. The molecule has 0 saturated heterocycles. The number of carboxylic acid groups (broad SMARTS) is 1. The van der Waals surface area contributed by atoms with Crippen LogP contribution in [0.3, 0.4) is 0 Å². The fourth-order valence-corrected chi connectivity index (χ4v) is 2.52. The van der Waals surface area contributed by atoms with Gasteiger partial charge in [0.15, 0.2) is 0 Å². The minimum Gasteiger partial charge on any atom is -0.480 e. The number of hydrogen-bond acceptors (Lipinski definition) is 3. The number of nitrogens with zero attached hydrogens (tertiary/aromatic N) is 1. The lowest BCUT2D eigenvalue weighted by atomic mass is 9.91. The standard InChI is InChI=1S/C12H23NO3/c1-3-7-13(9-12(14)15)10-5-4-6-11(8-10)16-2/h10-11H,3-9H2,1-2H3,(H,14,15). The Morgan fingerprint density at radius 2 is 2.25 bits per heavy atom. The van der Waals surface area contributed by atoms with Gasteiger partial charge in [0.25, 0.3) is 0 Å². The van der Waals surface area contributed by atoms with Crippen molar-refractivity contribution in [2.45, 2.75) is 51.2 Å². The van der Waals surface area contributed by atoms with Gasteiger partial charge in [-0.2, -0.15) is 0 Å². The van der Waals surface area contributed by atoms with Gasteiger partial charge >= 0.3 is 5.97 Å². The van der Waals surface area contributed by atoms with Crippen LogP contribution in [0.2, 0.25) is 0 Å². The number of rotatable bonds is 6. The van der Waals surface area contributed by atoms with Crippen LogP contribution < -0.4 is 0 Å². The lowest BCUT2D eigenvalue weighted by Gasteiger charge is -2.36. The Kier molecular flexibility index (Phi) is 5.77. The van der Waals surface area contributed by atoms with Crippen molar-refractivity contribution in [2.24, 2.45) is 0 Å². The van der Waals surface area contributed by atoms with Gasteiger partial charge in [-0.15, -0.1) is 0 Å². The van der Waals surface area contributed by atoms with Crippen LogP contribution in [0.25, 0.3) is 0 Å². The first-order valence-electron chi connectivity index (χ1n) is 6.16. The summed E-state index contributed by atoms with van der Waals surface area (Å²) in [6, 6.07) is 0.384. The minimum atomic E-state index is -0.729. The van der Waals surface area contributed by atoms with E-state index in [0.717, 1.165) is 38.6 Å². The quantitative estimate of drug-likeness (QED) is 0.753. The van der Waals surface area contributed by atoms with E-state index in [1.165, 1.54) is 0 Å². The van der Waals surface area contributed by atoms with Crippen LogP contribution in [0.15, 0.2) is 0 Å². The van der Waals surface area contributed by atoms with E-state index >= 15 is 0 Å². The molecule has 1 rings (SSSR count). The van der Waals surface area contributed by atoms with E-state index in [-0.39, 0.29) is 6.54 Å². The van der Waals surface area contributed by atoms with Gasteiger partial charge in [0.2, 0.25) is 0 Å². The molecule has 2 unspecified atom stereocenters. The smallest absolute Gasteiger partial charge is 0.317 e. The van der Waals surface area contributed by atoms with Crippen molar-refractivity contribution < 1.29 is 14.6 Å². The number of ether oxygens (including phenoxy) is 1. The topological polar surface area (TPSA) is 49.8 Å². The summed E-state index contributed by atoms with van der Waals surface area (Å²) in [4.78, 5) is 12.9. The monoisotopic (exact) mass is 229 g/mol. The molecule has 0 aromatic carbocycles. The van der Waals surface area contributed by atoms with Crippen molar-refractivity contribution in [1.82, 2.24) is 4.90 Å². The first-order chi connectivity index (χ1) is 7.67. The van der Waals surface area contributed by atoms with Crippen LogP contribution >= 0.6 is 0 Å². The molecule has 94 valence electrons. The molecule has 0 aromatic heterocycles. The van der Waals surface area contributed by atoms with Gasteiger partial charge in [-0.1, -0.05) is 6.92 Å². The molecule has 4 heteroatoms. The summed E-state index contributed by atoms with van der Waals surface area (Å²) >= 11 is 0. The molecule has 1 fully saturated rings. The molecule has 0 bridgehead atoms. The summed E-state index contributed by atoms with van der Waals surface area (Å²) in [5.74, 6) is -0.729. The Morgan fingerprint density at radius 1 is 1.50 bits per heavy atom. The lowest BCUT2D eigenvalue weighted by Crippen LogP contribution is -2.43. The Morgan fingerprint density at radius 3 is 2.81 bits per heavy atom. The highest BCUT2D eigenvalue weighted by molar-refractivity contribution is 5.69. The zero-order valence-corrected chi connectivity index (χ0v) is 10.3. The number of hydrogen-bond donors (Lipinski definition) is 1. The van der Waals surface area contributed by atoms with E-state index in [2.05, 4.69) is 11.8 Å². The van der Waals surface area contributed by atoms with Crippen molar-refractivity contribution in [1.29, 1.82) is 0 Å². The Balaban J connectivity index is 2.51. The molecule has 1 aliphatic rings. The van der Waals surface area contributed by atoms with Crippen molar-refractivity contribution in [3.63, 3.8) is 0 Å². The van der Waals surface area contributed by atoms with Crippen LogP contribution in [-0.2, 0) is 9.53 Å². The molecule has 0 aliphatic heterocycles. The zero-order valence-electron chi connectivity index (χ0n) is 10.3. The highest BCUT2D eigenvalue weighted by atomic mass is 16.5. The average Bonchev–Trinajstić information content (AvgIpc) is 2.28. The lowest BCUT2D eigenvalue weighted by molar-refractivity contribution is -0.139. The largest absolute Gasteiger partial charge is 0.480 e. The van der Waals surface area contributed by atoms with E-state index in [1.807, 2.05) is 0 Å². The predicted octanol–water partition coefficient (Wildman–Crippen LogP) is 1.74. The molecule has 1 saturated carbocycles. The van der Waals surface area contributed by atoms with E-state index in [9.17, 15) is 4.79 Å². The fourth-order valence-electron chi connectivity index (χ4n) is 2.52. The van der Waals surface area contributed by atoms with Gasteiger partial charge in [-0.3, -0.25) is 9.69 Å². The first kappa shape index (κ1) is 13.5. The number of aliphatic carboxylic acids is 1. The zero-order chi connectivity index (χ0) is 12.0. The van der Waals surface area contributed by atoms with E-state index < -0.39 is 5.97 Å². The van der Waals surface area contributed by atoms with E-state index in [1.54, 1.807) is 7.11 Å². The highest BCUT2D eigenvalue weighted by Gasteiger charge is 2.27. The van der Waals surface area contributed by atoms with Gasteiger partial charge in [-0.25, -0.2) is 0 Å². The van der Waals surface area contributed by atoms with Crippen molar-refractivity contribution >= 4 is 5.97 Å². The second-order valence-electron chi connectivity index (χ2n) is 4.54. The summed E-state index contributed by atoms with van der Waals surface area (Å²) in [7, 11) is 1.74. The molecule has 0 spiro atoms. The van der Waals surface area contributed by atoms with Gasteiger partial charge in [0.1, 0.15) is 0 Å². The minimum absolute atomic E-state index is 0.162. The van der Waals surface area contributed by atoms with Crippen molar-refractivity contribution in [2.75, 3.05) is 20.2 Å². The van der Waals surface area contributed by atoms with Crippen LogP contribution in [0.4, 0.5) is 0 Å². The van der Waals surface area contributed by atoms with Crippen LogP contribution in [0.5, 0.6) is 0 Å². The molecule has 1 N–H and O–H groups in total. The third kappa shape index (κ3) is 4.10.